The van der Waals surface area contributed by atoms with Gasteiger partial charge in [0.2, 0.25) is 5.91 Å². The van der Waals surface area contributed by atoms with Crippen molar-refractivity contribution in [1.29, 1.82) is 0 Å². The summed E-state index contributed by atoms with van der Waals surface area (Å²) < 4.78 is 5.17. The van der Waals surface area contributed by atoms with Crippen molar-refractivity contribution in [3.63, 3.8) is 0 Å². The lowest BCUT2D eigenvalue weighted by Gasteiger charge is -2.20. The van der Waals surface area contributed by atoms with Crippen LogP contribution >= 0.6 is 0 Å². The molecule has 4 heteroatoms. The second-order valence-corrected chi connectivity index (χ2v) is 5.31. The van der Waals surface area contributed by atoms with Crippen LogP contribution in [0, 0.1) is 0 Å². The molecule has 0 saturated carbocycles. The van der Waals surface area contributed by atoms with Gasteiger partial charge in [0.1, 0.15) is 6.54 Å². The van der Waals surface area contributed by atoms with Gasteiger partial charge in [-0.2, -0.15) is 0 Å². The van der Waals surface area contributed by atoms with Crippen LogP contribution in [-0.2, 0) is 14.3 Å². The predicted octanol–water partition coefficient (Wildman–Crippen LogP) is 3.70. The first-order valence-corrected chi connectivity index (χ1v) is 8.22. The number of amides is 1. The highest BCUT2D eigenvalue weighted by molar-refractivity contribution is 5.89. The first-order chi connectivity index (χ1) is 10.2. The molecule has 0 aliphatic heterocycles. The van der Waals surface area contributed by atoms with Crippen LogP contribution in [0.25, 0.3) is 0 Å². The van der Waals surface area contributed by atoms with E-state index in [1.807, 2.05) is 0 Å². The van der Waals surface area contributed by atoms with Crippen LogP contribution in [0.5, 0.6) is 0 Å². The topological polar surface area (TPSA) is 46.6 Å². The molecule has 0 aromatic heterocycles. The van der Waals surface area contributed by atoms with Crippen LogP contribution in [0.4, 0.5) is 0 Å². The zero-order valence-corrected chi connectivity index (χ0v) is 13.7. The maximum absolute atomic E-state index is 11.7. The molecule has 0 aliphatic carbocycles. The molecule has 0 aliphatic rings. The lowest BCUT2D eigenvalue weighted by Crippen LogP contribution is -2.36. The van der Waals surface area contributed by atoms with Gasteiger partial charge in [0, 0.05) is 6.54 Å². The van der Waals surface area contributed by atoms with Crippen molar-refractivity contribution in [3.05, 3.63) is 12.7 Å². The standard InChI is InChI=1S/C17H31NO3/c1-4-7-9-11-13-18(16(19)6-3)15-17(20)21-14-12-10-8-5-2/h6H,3-5,7-15H2,1-2H3. The van der Waals surface area contributed by atoms with Crippen LogP contribution < -0.4 is 0 Å². The van der Waals surface area contributed by atoms with E-state index in [0.29, 0.717) is 13.2 Å². The molecule has 0 bridgehead atoms. The lowest BCUT2D eigenvalue weighted by molar-refractivity contribution is -0.148. The minimum absolute atomic E-state index is 0.0325. The fourth-order valence-corrected chi connectivity index (χ4v) is 2.04. The van der Waals surface area contributed by atoms with Crippen molar-refractivity contribution in [2.24, 2.45) is 0 Å². The van der Waals surface area contributed by atoms with Crippen molar-refractivity contribution < 1.29 is 14.3 Å². The van der Waals surface area contributed by atoms with E-state index in [2.05, 4.69) is 20.4 Å². The van der Waals surface area contributed by atoms with Crippen molar-refractivity contribution in [2.45, 2.75) is 65.2 Å². The molecule has 0 heterocycles. The normalized spacial score (nSPS) is 10.2. The quantitative estimate of drug-likeness (QED) is 0.296. The molecule has 0 aromatic rings. The summed E-state index contributed by atoms with van der Waals surface area (Å²) >= 11 is 0. The second-order valence-electron chi connectivity index (χ2n) is 5.31. The third-order valence-corrected chi connectivity index (χ3v) is 3.35. The third-order valence-electron chi connectivity index (χ3n) is 3.35. The highest BCUT2D eigenvalue weighted by atomic mass is 16.5. The Balaban J connectivity index is 3.99. The van der Waals surface area contributed by atoms with E-state index in [-0.39, 0.29) is 18.4 Å². The number of hydrogen-bond acceptors (Lipinski definition) is 3. The Labute approximate surface area is 129 Å². The molecule has 122 valence electrons. The van der Waals surface area contributed by atoms with Gasteiger partial charge in [0.05, 0.1) is 6.61 Å². The Hall–Kier alpha value is -1.32. The van der Waals surface area contributed by atoms with E-state index in [4.69, 9.17) is 4.74 Å². The fraction of sp³-hybridized carbons (Fsp3) is 0.765. The van der Waals surface area contributed by atoms with Gasteiger partial charge in [-0.25, -0.2) is 0 Å². The summed E-state index contributed by atoms with van der Waals surface area (Å²) in [7, 11) is 0. The number of rotatable bonds is 13. The molecule has 0 fully saturated rings. The van der Waals surface area contributed by atoms with Gasteiger partial charge in [-0.05, 0) is 18.9 Å². The Morgan fingerprint density at radius 1 is 1.00 bits per heavy atom. The van der Waals surface area contributed by atoms with Gasteiger partial charge in [-0.3, -0.25) is 9.59 Å². The largest absolute Gasteiger partial charge is 0.464 e. The number of unbranched alkanes of at least 4 members (excludes halogenated alkanes) is 6. The van der Waals surface area contributed by atoms with Crippen molar-refractivity contribution in [1.82, 2.24) is 4.90 Å². The van der Waals surface area contributed by atoms with Gasteiger partial charge in [0.25, 0.3) is 0 Å². The molecule has 0 atom stereocenters. The average molecular weight is 297 g/mol. The summed E-state index contributed by atoms with van der Waals surface area (Å²) in [4.78, 5) is 25.0. The third kappa shape index (κ3) is 11.1. The summed E-state index contributed by atoms with van der Waals surface area (Å²) in [6.07, 6.45) is 9.84. The summed E-state index contributed by atoms with van der Waals surface area (Å²) in [6.45, 7) is 8.84. The zero-order valence-electron chi connectivity index (χ0n) is 13.7. The molecule has 0 N–H and O–H groups in total. The number of esters is 1. The SMILES string of the molecule is C=CC(=O)N(CCCCCC)CC(=O)OCCCCCC. The minimum Gasteiger partial charge on any atom is -0.464 e. The molecule has 0 unspecified atom stereocenters. The molecule has 0 rings (SSSR count). The molecule has 0 saturated heterocycles. The van der Waals surface area contributed by atoms with Crippen LogP contribution in [0.3, 0.4) is 0 Å². The average Bonchev–Trinajstić information content (AvgIpc) is 2.49. The predicted molar refractivity (Wildman–Crippen MR) is 86.0 cm³/mol. The van der Waals surface area contributed by atoms with E-state index in [1.165, 1.54) is 11.0 Å². The van der Waals surface area contributed by atoms with E-state index in [0.717, 1.165) is 51.4 Å². The maximum atomic E-state index is 11.7. The Morgan fingerprint density at radius 3 is 2.19 bits per heavy atom. The van der Waals surface area contributed by atoms with E-state index in [9.17, 15) is 9.59 Å². The van der Waals surface area contributed by atoms with Gasteiger partial charge in [-0.15, -0.1) is 0 Å². The number of carbonyl (C=O) groups excluding carboxylic acids is 2. The van der Waals surface area contributed by atoms with Crippen LogP contribution in [0.1, 0.15) is 65.2 Å². The van der Waals surface area contributed by atoms with Gasteiger partial charge < -0.3 is 9.64 Å². The van der Waals surface area contributed by atoms with Crippen LogP contribution in [-0.4, -0.2) is 36.5 Å². The Kier molecular flexibility index (Phi) is 12.8. The summed E-state index contributed by atoms with van der Waals surface area (Å²) in [5.41, 5.74) is 0. The minimum atomic E-state index is -0.322. The highest BCUT2D eigenvalue weighted by Crippen LogP contribution is 2.04. The Morgan fingerprint density at radius 2 is 1.62 bits per heavy atom. The van der Waals surface area contributed by atoms with Gasteiger partial charge in [0.15, 0.2) is 0 Å². The number of ether oxygens (including phenoxy) is 1. The molecule has 4 nitrogen and oxygen atoms in total. The number of hydrogen-bond donors (Lipinski definition) is 0. The first kappa shape index (κ1) is 19.7. The molecular formula is C17H31NO3. The highest BCUT2D eigenvalue weighted by Gasteiger charge is 2.15. The molecule has 21 heavy (non-hydrogen) atoms. The maximum Gasteiger partial charge on any atom is 0.325 e. The molecular weight excluding hydrogens is 266 g/mol. The fourth-order valence-electron chi connectivity index (χ4n) is 2.04. The van der Waals surface area contributed by atoms with Crippen LogP contribution in [0.15, 0.2) is 12.7 Å². The molecule has 1 amide bonds. The van der Waals surface area contributed by atoms with E-state index >= 15 is 0 Å². The molecule has 0 spiro atoms. The van der Waals surface area contributed by atoms with E-state index < -0.39 is 0 Å². The summed E-state index contributed by atoms with van der Waals surface area (Å²) in [5, 5.41) is 0. The monoisotopic (exact) mass is 297 g/mol. The van der Waals surface area contributed by atoms with Crippen molar-refractivity contribution in [3.8, 4) is 0 Å². The van der Waals surface area contributed by atoms with E-state index in [1.54, 1.807) is 0 Å². The van der Waals surface area contributed by atoms with Crippen LogP contribution in [0.2, 0.25) is 0 Å². The smallest absolute Gasteiger partial charge is 0.325 e. The van der Waals surface area contributed by atoms with Crippen molar-refractivity contribution in [2.75, 3.05) is 19.7 Å². The summed E-state index contributed by atoms with van der Waals surface area (Å²) in [5.74, 6) is -0.522. The second kappa shape index (κ2) is 13.7. The summed E-state index contributed by atoms with van der Waals surface area (Å²) in [6, 6.07) is 0. The number of carbonyl (C=O) groups is 2. The molecule has 0 radical (unpaired) electrons. The zero-order chi connectivity index (χ0) is 15.9. The lowest BCUT2D eigenvalue weighted by atomic mass is 10.2. The Bertz CT molecular complexity index is 302. The van der Waals surface area contributed by atoms with Gasteiger partial charge in [-0.1, -0.05) is 59.0 Å². The number of nitrogens with zero attached hydrogens (tertiary/aromatic N) is 1. The van der Waals surface area contributed by atoms with Crippen molar-refractivity contribution >= 4 is 11.9 Å². The molecule has 0 aromatic carbocycles. The first-order valence-electron chi connectivity index (χ1n) is 8.22. The van der Waals surface area contributed by atoms with Gasteiger partial charge >= 0.3 is 5.97 Å².